The predicted molar refractivity (Wildman–Crippen MR) is 138 cm³/mol. The van der Waals surface area contributed by atoms with Gasteiger partial charge in [-0.05, 0) is 57.1 Å². The Morgan fingerprint density at radius 2 is 1.91 bits per heavy atom. The van der Waals surface area contributed by atoms with Gasteiger partial charge >= 0.3 is 0 Å². The van der Waals surface area contributed by atoms with Crippen molar-refractivity contribution < 1.29 is 19.8 Å². The molecule has 1 amide bonds. The van der Waals surface area contributed by atoms with Crippen LogP contribution in [0.15, 0.2) is 23.1 Å². The molecule has 0 spiro atoms. The molecule has 1 aromatic rings. The first kappa shape index (κ1) is 28.4. The summed E-state index contributed by atoms with van der Waals surface area (Å²) in [6, 6.07) is -0.177. The van der Waals surface area contributed by atoms with E-state index in [0.29, 0.717) is 6.42 Å². The predicted octanol–water partition coefficient (Wildman–Crippen LogP) is 4.79. The van der Waals surface area contributed by atoms with Crippen molar-refractivity contribution in [3.63, 3.8) is 0 Å². The first-order valence-corrected chi connectivity index (χ1v) is 13.2. The minimum atomic E-state index is -1.15. The van der Waals surface area contributed by atoms with E-state index in [1.807, 2.05) is 32.2 Å². The topological polar surface area (TPSA) is 90.7 Å². The number of aromatic nitrogens is 1. The number of likely N-dealkylation sites (N-methyl/N-ethyl adjacent to an activating group) is 1. The maximum absolute atomic E-state index is 13.2. The third-order valence-electron chi connectivity index (χ3n) is 7.30. The van der Waals surface area contributed by atoms with Crippen LogP contribution in [0.2, 0.25) is 0 Å². The lowest BCUT2D eigenvalue weighted by Gasteiger charge is -2.36. The SMILES string of the molecule is C/C(=C\c1csc(C)n1)[C@@H]1C/C=C/CCC[C@H](C)[C@H](O)[C@@H](C)C(=O)C(C)(C)[C@@H](O)CC(=O)N1C. The summed E-state index contributed by atoms with van der Waals surface area (Å²) in [6.45, 7) is 11.0. The molecule has 7 heteroatoms. The van der Waals surface area contributed by atoms with Gasteiger partial charge in [-0.2, -0.15) is 0 Å². The quantitative estimate of drug-likeness (QED) is 0.582. The van der Waals surface area contributed by atoms with Gasteiger partial charge in [-0.25, -0.2) is 4.98 Å². The number of hydrogen-bond acceptors (Lipinski definition) is 6. The molecule has 0 radical (unpaired) electrons. The second kappa shape index (κ2) is 12.2. The zero-order valence-electron chi connectivity index (χ0n) is 21.7. The number of aliphatic hydroxyl groups is 2. The van der Waals surface area contributed by atoms with Crippen molar-refractivity contribution in [3.8, 4) is 0 Å². The van der Waals surface area contributed by atoms with Crippen LogP contribution in [0.4, 0.5) is 0 Å². The number of carbonyl (C=O) groups is 2. The number of ketones is 1. The van der Waals surface area contributed by atoms with Crippen molar-refractivity contribution in [3.05, 3.63) is 33.8 Å². The van der Waals surface area contributed by atoms with E-state index in [2.05, 4.69) is 17.1 Å². The molecule has 1 aromatic heterocycles. The van der Waals surface area contributed by atoms with E-state index in [9.17, 15) is 19.8 Å². The lowest BCUT2D eigenvalue weighted by Crippen LogP contribution is -2.47. The Kier molecular flexibility index (Phi) is 10.2. The van der Waals surface area contributed by atoms with Crippen LogP contribution >= 0.6 is 11.3 Å². The molecule has 0 aromatic carbocycles. The van der Waals surface area contributed by atoms with Crippen LogP contribution in [0.25, 0.3) is 6.08 Å². The summed E-state index contributed by atoms with van der Waals surface area (Å²) in [5, 5.41) is 24.7. The molecule has 1 aliphatic heterocycles. The van der Waals surface area contributed by atoms with Crippen molar-refractivity contribution >= 4 is 29.1 Å². The molecule has 6 nitrogen and oxygen atoms in total. The zero-order valence-corrected chi connectivity index (χ0v) is 22.6. The molecule has 0 saturated heterocycles. The van der Waals surface area contributed by atoms with Crippen molar-refractivity contribution in [2.24, 2.45) is 17.3 Å². The molecular formula is C27H42N2O4S. The maximum atomic E-state index is 13.2. The number of nitrogens with zero attached hydrogens (tertiary/aromatic N) is 2. The monoisotopic (exact) mass is 490 g/mol. The minimum absolute atomic E-state index is 0.0274. The molecule has 34 heavy (non-hydrogen) atoms. The van der Waals surface area contributed by atoms with Crippen LogP contribution in [-0.2, 0) is 9.59 Å². The average molecular weight is 491 g/mol. The third kappa shape index (κ3) is 7.09. The molecule has 2 N–H and O–H groups in total. The van der Waals surface area contributed by atoms with Gasteiger partial charge in [0.15, 0.2) is 0 Å². The molecule has 0 fully saturated rings. The highest BCUT2D eigenvalue weighted by Crippen LogP contribution is 2.32. The molecule has 0 saturated carbocycles. The lowest BCUT2D eigenvalue weighted by atomic mass is 9.73. The van der Waals surface area contributed by atoms with E-state index >= 15 is 0 Å². The molecule has 0 bridgehead atoms. The average Bonchev–Trinajstić information content (AvgIpc) is 3.19. The van der Waals surface area contributed by atoms with Gasteiger partial charge in [0, 0.05) is 18.3 Å². The summed E-state index contributed by atoms with van der Waals surface area (Å²) in [6.07, 6.45) is 7.43. The molecule has 190 valence electrons. The summed E-state index contributed by atoms with van der Waals surface area (Å²) in [5.41, 5.74) is 0.749. The van der Waals surface area contributed by atoms with Crippen molar-refractivity contribution in [2.75, 3.05) is 7.05 Å². The summed E-state index contributed by atoms with van der Waals surface area (Å²) < 4.78 is 0. The number of aliphatic hydroxyl groups excluding tert-OH is 2. The first-order valence-electron chi connectivity index (χ1n) is 12.3. The van der Waals surface area contributed by atoms with E-state index < -0.39 is 23.5 Å². The Bertz CT molecular complexity index is 904. The first-order chi connectivity index (χ1) is 15.9. The van der Waals surface area contributed by atoms with Crippen molar-refractivity contribution in [2.45, 2.75) is 91.9 Å². The normalized spacial score (nSPS) is 31.5. The van der Waals surface area contributed by atoms with Crippen LogP contribution in [0.1, 0.15) is 77.4 Å². The standard InChI is InChI=1S/C27H42N2O4S/c1-17-12-10-8-9-11-13-22(18(2)14-21-16-34-20(4)28-21)29(7)24(31)15-23(30)27(5,6)26(33)19(3)25(17)32/h9,11,14,16-17,19,22-23,25,30,32H,8,10,12-13,15H2,1-7H3/b11-9+,18-14+/t17-,19+,22-,23-,25-/m0/s1. The summed E-state index contributed by atoms with van der Waals surface area (Å²) in [5.74, 6) is -1.08. The van der Waals surface area contributed by atoms with Gasteiger partial charge in [0.05, 0.1) is 40.8 Å². The van der Waals surface area contributed by atoms with Gasteiger partial charge in [0.1, 0.15) is 5.78 Å². The lowest BCUT2D eigenvalue weighted by molar-refractivity contribution is -0.145. The molecular weight excluding hydrogens is 448 g/mol. The van der Waals surface area contributed by atoms with E-state index in [0.717, 1.165) is 35.5 Å². The number of rotatable bonds is 2. The molecule has 0 unspecified atom stereocenters. The fraction of sp³-hybridized carbons (Fsp3) is 0.667. The molecule has 2 rings (SSSR count). The number of thiazole rings is 1. The van der Waals surface area contributed by atoms with Gasteiger partial charge in [0.2, 0.25) is 5.91 Å². The number of amides is 1. The van der Waals surface area contributed by atoms with Gasteiger partial charge in [-0.15, -0.1) is 11.3 Å². The highest BCUT2D eigenvalue weighted by atomic mass is 32.1. The van der Waals surface area contributed by atoms with Crippen molar-refractivity contribution in [1.29, 1.82) is 0 Å². The van der Waals surface area contributed by atoms with Crippen LogP contribution in [0.5, 0.6) is 0 Å². The number of carbonyl (C=O) groups excluding carboxylic acids is 2. The van der Waals surface area contributed by atoms with Gasteiger partial charge in [-0.1, -0.05) is 39.8 Å². The summed E-state index contributed by atoms with van der Waals surface area (Å²) in [4.78, 5) is 32.6. The molecule has 2 heterocycles. The second-order valence-electron chi connectivity index (χ2n) is 10.4. The van der Waals surface area contributed by atoms with E-state index in [1.54, 1.807) is 44.1 Å². The van der Waals surface area contributed by atoms with E-state index in [-0.39, 0.29) is 30.1 Å². The maximum Gasteiger partial charge on any atom is 0.225 e. The summed E-state index contributed by atoms with van der Waals surface area (Å²) >= 11 is 1.59. The van der Waals surface area contributed by atoms with Crippen LogP contribution in [0, 0.1) is 24.2 Å². The number of aryl methyl sites for hydroxylation is 1. The largest absolute Gasteiger partial charge is 0.392 e. The zero-order chi connectivity index (χ0) is 25.6. The Balaban J connectivity index is 2.35. The summed E-state index contributed by atoms with van der Waals surface area (Å²) in [7, 11) is 1.75. The van der Waals surface area contributed by atoms with Gasteiger partial charge < -0.3 is 15.1 Å². The molecule has 1 aliphatic rings. The van der Waals surface area contributed by atoms with Gasteiger partial charge in [0.25, 0.3) is 0 Å². The van der Waals surface area contributed by atoms with Gasteiger partial charge in [-0.3, -0.25) is 9.59 Å². The van der Waals surface area contributed by atoms with Crippen LogP contribution < -0.4 is 0 Å². The molecule has 0 aliphatic carbocycles. The smallest absolute Gasteiger partial charge is 0.225 e. The molecule has 5 atom stereocenters. The van der Waals surface area contributed by atoms with Crippen LogP contribution in [0.3, 0.4) is 0 Å². The highest BCUT2D eigenvalue weighted by Gasteiger charge is 2.42. The minimum Gasteiger partial charge on any atom is -0.392 e. The Morgan fingerprint density at radius 3 is 2.53 bits per heavy atom. The Labute approximate surface area is 208 Å². The van der Waals surface area contributed by atoms with Crippen LogP contribution in [-0.4, -0.2) is 57.1 Å². The van der Waals surface area contributed by atoms with Crippen molar-refractivity contribution in [1.82, 2.24) is 9.88 Å². The van der Waals surface area contributed by atoms with E-state index in [1.165, 1.54) is 0 Å². The number of allylic oxidation sites excluding steroid dienone is 1. The number of hydrogen-bond donors (Lipinski definition) is 2. The van der Waals surface area contributed by atoms with E-state index in [4.69, 9.17) is 0 Å². The second-order valence-corrected chi connectivity index (χ2v) is 11.5. The fourth-order valence-corrected chi connectivity index (χ4v) is 5.20. The number of Topliss-reactive ketones (excluding diaryl/α,β-unsaturated/α-hetero) is 1. The Hall–Kier alpha value is -1.83. The highest BCUT2D eigenvalue weighted by molar-refractivity contribution is 7.09. The Morgan fingerprint density at radius 1 is 1.24 bits per heavy atom. The fourth-order valence-electron chi connectivity index (χ4n) is 4.63. The third-order valence-corrected chi connectivity index (χ3v) is 8.09.